The van der Waals surface area contributed by atoms with Crippen LogP contribution in [0.5, 0.6) is 0 Å². The van der Waals surface area contributed by atoms with Crippen molar-refractivity contribution in [3.8, 4) is 0 Å². The van der Waals surface area contributed by atoms with E-state index in [1.807, 2.05) is 0 Å². The molecule has 0 saturated carbocycles. The van der Waals surface area contributed by atoms with Crippen molar-refractivity contribution in [1.82, 2.24) is 5.32 Å². The Balaban J connectivity index is 2.23. The summed E-state index contributed by atoms with van der Waals surface area (Å²) in [7, 11) is -0.744. The molecular weight excluding hydrogens is 222 g/mol. The second-order valence-electron chi connectivity index (χ2n) is 4.69. The van der Waals surface area contributed by atoms with Crippen LogP contribution in [0.15, 0.2) is 0 Å². The Morgan fingerprint density at radius 2 is 2.25 bits per heavy atom. The molecule has 0 aromatic rings. The molecule has 0 spiro atoms. The summed E-state index contributed by atoms with van der Waals surface area (Å²) in [6.07, 6.45) is 3.44. The maximum absolute atomic E-state index is 12.0. The van der Waals surface area contributed by atoms with Crippen LogP contribution in [0.25, 0.3) is 0 Å². The fraction of sp³-hybridized carbons (Fsp3) is 1.00. The molecule has 1 heterocycles. The normalized spacial score (nSPS) is 26.6. The van der Waals surface area contributed by atoms with Crippen molar-refractivity contribution in [3.63, 3.8) is 0 Å². The van der Waals surface area contributed by atoms with Gasteiger partial charge in [0.1, 0.15) is 0 Å². The van der Waals surface area contributed by atoms with Crippen molar-refractivity contribution >= 4 is 10.8 Å². The van der Waals surface area contributed by atoms with E-state index in [1.54, 1.807) is 0 Å². The Bertz CT molecular complexity index is 217. The molecular formula is C12H25NO2S. The molecule has 1 N–H and O–H groups in total. The third-order valence-corrected chi connectivity index (χ3v) is 4.85. The van der Waals surface area contributed by atoms with Gasteiger partial charge in [-0.1, -0.05) is 13.8 Å². The van der Waals surface area contributed by atoms with Crippen LogP contribution in [0.3, 0.4) is 0 Å². The molecule has 4 heteroatoms. The third-order valence-electron chi connectivity index (χ3n) is 3.06. The number of ether oxygens (including phenoxy) is 1. The first kappa shape index (κ1) is 14.1. The van der Waals surface area contributed by atoms with Gasteiger partial charge in [-0.15, -0.1) is 0 Å². The predicted molar refractivity (Wildman–Crippen MR) is 69.2 cm³/mol. The Morgan fingerprint density at radius 3 is 2.81 bits per heavy atom. The molecule has 96 valence electrons. The van der Waals surface area contributed by atoms with Crippen molar-refractivity contribution in [2.24, 2.45) is 0 Å². The molecule has 1 rings (SSSR count). The highest BCUT2D eigenvalue weighted by Gasteiger charge is 2.22. The smallest absolute Gasteiger partial charge is 0.0691 e. The predicted octanol–water partition coefficient (Wildman–Crippen LogP) is 1.69. The maximum Gasteiger partial charge on any atom is 0.0691 e. The van der Waals surface area contributed by atoms with Crippen LogP contribution >= 0.6 is 0 Å². The molecule has 16 heavy (non-hydrogen) atoms. The minimum Gasteiger partial charge on any atom is -0.377 e. The van der Waals surface area contributed by atoms with Crippen molar-refractivity contribution in [2.75, 3.05) is 18.9 Å². The lowest BCUT2D eigenvalue weighted by Gasteiger charge is -2.19. The van der Waals surface area contributed by atoms with Gasteiger partial charge in [-0.3, -0.25) is 4.21 Å². The largest absolute Gasteiger partial charge is 0.377 e. The zero-order valence-electron chi connectivity index (χ0n) is 10.7. The van der Waals surface area contributed by atoms with E-state index in [0.717, 1.165) is 38.2 Å². The van der Waals surface area contributed by atoms with Crippen LogP contribution in [-0.4, -0.2) is 40.5 Å². The second-order valence-corrected chi connectivity index (χ2v) is 6.59. The highest BCUT2D eigenvalue weighted by atomic mass is 32.2. The molecule has 0 bridgehead atoms. The molecule has 4 atom stereocenters. The molecule has 1 saturated heterocycles. The van der Waals surface area contributed by atoms with E-state index in [2.05, 4.69) is 26.1 Å². The molecule has 3 nitrogen and oxygen atoms in total. The lowest BCUT2D eigenvalue weighted by atomic mass is 10.2. The fourth-order valence-corrected chi connectivity index (χ4v) is 3.62. The minimum absolute atomic E-state index is 0.248. The van der Waals surface area contributed by atoms with E-state index in [4.69, 9.17) is 4.74 Å². The summed E-state index contributed by atoms with van der Waals surface area (Å²) in [6, 6.07) is 0.452. The molecule has 0 amide bonds. The molecule has 4 unspecified atom stereocenters. The van der Waals surface area contributed by atoms with Crippen LogP contribution in [0.1, 0.15) is 40.0 Å². The average molecular weight is 247 g/mol. The summed E-state index contributed by atoms with van der Waals surface area (Å²) < 4.78 is 17.6. The van der Waals surface area contributed by atoms with E-state index >= 15 is 0 Å². The molecule has 1 aliphatic rings. The molecule has 0 radical (unpaired) electrons. The third kappa shape index (κ3) is 4.93. The van der Waals surface area contributed by atoms with Crippen LogP contribution in [-0.2, 0) is 15.5 Å². The van der Waals surface area contributed by atoms with Gasteiger partial charge in [0.25, 0.3) is 0 Å². The van der Waals surface area contributed by atoms with Crippen LogP contribution < -0.4 is 5.32 Å². The standard InChI is InChI=1S/C12H25NO2S/c1-4-13-10(2)8-11(3)16(14)9-12-6-5-7-15-12/h10-13H,4-9H2,1-3H3. The molecule has 1 aliphatic heterocycles. The van der Waals surface area contributed by atoms with Gasteiger partial charge >= 0.3 is 0 Å². The van der Waals surface area contributed by atoms with Crippen molar-refractivity contribution in [1.29, 1.82) is 0 Å². The van der Waals surface area contributed by atoms with Crippen LogP contribution in [0.4, 0.5) is 0 Å². The van der Waals surface area contributed by atoms with E-state index in [0.29, 0.717) is 6.04 Å². The van der Waals surface area contributed by atoms with Gasteiger partial charge in [-0.25, -0.2) is 0 Å². The first-order chi connectivity index (χ1) is 7.63. The summed E-state index contributed by atoms with van der Waals surface area (Å²) in [5.41, 5.74) is 0. The van der Waals surface area contributed by atoms with Crippen LogP contribution in [0, 0.1) is 0 Å². The summed E-state index contributed by atoms with van der Waals surface area (Å²) >= 11 is 0. The van der Waals surface area contributed by atoms with Gasteiger partial charge in [0.15, 0.2) is 0 Å². The van der Waals surface area contributed by atoms with E-state index < -0.39 is 10.8 Å². The number of hydrogen-bond donors (Lipinski definition) is 1. The minimum atomic E-state index is -0.744. The number of nitrogens with one attached hydrogen (secondary N) is 1. The summed E-state index contributed by atoms with van der Waals surface area (Å²) in [5, 5.41) is 3.62. The summed E-state index contributed by atoms with van der Waals surface area (Å²) in [4.78, 5) is 0. The molecule has 1 fully saturated rings. The quantitative estimate of drug-likeness (QED) is 0.744. The van der Waals surface area contributed by atoms with Gasteiger partial charge in [0.05, 0.1) is 11.9 Å². The second kappa shape index (κ2) is 7.41. The average Bonchev–Trinajstić information content (AvgIpc) is 2.70. The van der Waals surface area contributed by atoms with Crippen molar-refractivity contribution in [3.05, 3.63) is 0 Å². The molecule has 0 aromatic carbocycles. The Labute approximate surface area is 102 Å². The van der Waals surface area contributed by atoms with E-state index in [9.17, 15) is 4.21 Å². The lowest BCUT2D eigenvalue weighted by Crippen LogP contribution is -2.32. The molecule has 0 aromatic heterocycles. The highest BCUT2D eigenvalue weighted by molar-refractivity contribution is 7.85. The van der Waals surface area contributed by atoms with E-state index in [-0.39, 0.29) is 11.4 Å². The zero-order chi connectivity index (χ0) is 12.0. The van der Waals surface area contributed by atoms with Crippen molar-refractivity contribution < 1.29 is 8.95 Å². The molecule has 0 aliphatic carbocycles. The summed E-state index contributed by atoms with van der Waals surface area (Å²) in [5.74, 6) is 0.722. The zero-order valence-corrected chi connectivity index (χ0v) is 11.5. The summed E-state index contributed by atoms with van der Waals surface area (Å²) in [6.45, 7) is 8.17. The number of rotatable bonds is 7. The van der Waals surface area contributed by atoms with Gasteiger partial charge in [0.2, 0.25) is 0 Å². The number of hydrogen-bond acceptors (Lipinski definition) is 3. The fourth-order valence-electron chi connectivity index (χ4n) is 2.16. The highest BCUT2D eigenvalue weighted by Crippen LogP contribution is 2.15. The monoisotopic (exact) mass is 247 g/mol. The Hall–Kier alpha value is 0.0700. The van der Waals surface area contributed by atoms with E-state index in [1.165, 1.54) is 0 Å². The maximum atomic E-state index is 12.0. The SMILES string of the molecule is CCNC(C)CC(C)S(=O)CC1CCCO1. The lowest BCUT2D eigenvalue weighted by molar-refractivity contribution is 0.128. The van der Waals surface area contributed by atoms with Gasteiger partial charge in [-0.05, 0) is 32.7 Å². The first-order valence-electron chi connectivity index (χ1n) is 6.35. The van der Waals surface area contributed by atoms with Crippen LogP contribution in [0.2, 0.25) is 0 Å². The Kier molecular flexibility index (Phi) is 6.54. The Morgan fingerprint density at radius 1 is 1.50 bits per heavy atom. The topological polar surface area (TPSA) is 38.3 Å². The van der Waals surface area contributed by atoms with Crippen molar-refractivity contribution in [2.45, 2.75) is 57.4 Å². The first-order valence-corrected chi connectivity index (χ1v) is 7.73. The van der Waals surface area contributed by atoms with Gasteiger partial charge in [-0.2, -0.15) is 0 Å². The van der Waals surface area contributed by atoms with Gasteiger partial charge < -0.3 is 10.1 Å². The van der Waals surface area contributed by atoms with Gasteiger partial charge in [0, 0.05) is 28.7 Å².